The van der Waals surface area contributed by atoms with Gasteiger partial charge in [-0.2, -0.15) is 0 Å². The zero-order valence-electron chi connectivity index (χ0n) is 14.9. The second-order valence-electron chi connectivity index (χ2n) is 6.01. The van der Waals surface area contributed by atoms with E-state index in [4.69, 9.17) is 16.3 Å². The standard InChI is InChI=1S/C21H14ClFN4O2/c22-18-11-14(23)3-8-17(18)21(28)26-15-4-6-16(7-5-15)29-20-12-19(24-13-25-20)27-9-1-2-10-27/h1-13H,(H,26,28). The summed E-state index contributed by atoms with van der Waals surface area (Å²) in [6.07, 6.45) is 5.17. The molecule has 6 nitrogen and oxygen atoms in total. The van der Waals surface area contributed by atoms with Gasteiger partial charge in [0, 0.05) is 24.1 Å². The maximum Gasteiger partial charge on any atom is 0.257 e. The van der Waals surface area contributed by atoms with Gasteiger partial charge in [0.05, 0.1) is 10.6 Å². The lowest BCUT2D eigenvalue weighted by molar-refractivity contribution is 0.102. The third kappa shape index (κ3) is 4.41. The molecule has 1 N–H and O–H groups in total. The molecule has 0 aliphatic heterocycles. The molecular weight excluding hydrogens is 395 g/mol. The Morgan fingerprint density at radius 1 is 1.03 bits per heavy atom. The van der Waals surface area contributed by atoms with Crippen LogP contribution in [0.4, 0.5) is 10.1 Å². The summed E-state index contributed by atoms with van der Waals surface area (Å²) in [6, 6.07) is 15.9. The highest BCUT2D eigenvalue weighted by Crippen LogP contribution is 2.24. The molecule has 0 unspecified atom stereocenters. The zero-order chi connectivity index (χ0) is 20.2. The lowest BCUT2D eigenvalue weighted by Gasteiger charge is -2.09. The van der Waals surface area contributed by atoms with Gasteiger partial charge >= 0.3 is 0 Å². The zero-order valence-corrected chi connectivity index (χ0v) is 15.7. The van der Waals surface area contributed by atoms with Crippen LogP contribution in [0.25, 0.3) is 5.82 Å². The minimum absolute atomic E-state index is 0.0460. The second kappa shape index (κ2) is 8.12. The molecule has 0 bridgehead atoms. The van der Waals surface area contributed by atoms with E-state index < -0.39 is 11.7 Å². The van der Waals surface area contributed by atoms with E-state index in [1.54, 1.807) is 30.3 Å². The molecule has 2 aromatic heterocycles. The average Bonchev–Trinajstić information content (AvgIpc) is 3.24. The molecule has 8 heteroatoms. The van der Waals surface area contributed by atoms with E-state index in [0.29, 0.717) is 23.1 Å². The minimum Gasteiger partial charge on any atom is -0.439 e. The van der Waals surface area contributed by atoms with Crippen molar-refractivity contribution in [2.75, 3.05) is 5.32 Å². The second-order valence-corrected chi connectivity index (χ2v) is 6.42. The smallest absolute Gasteiger partial charge is 0.257 e. The Morgan fingerprint density at radius 3 is 2.52 bits per heavy atom. The molecule has 1 amide bonds. The summed E-state index contributed by atoms with van der Waals surface area (Å²) in [7, 11) is 0. The third-order valence-corrected chi connectivity index (χ3v) is 4.32. The van der Waals surface area contributed by atoms with Crippen LogP contribution in [-0.4, -0.2) is 20.4 Å². The van der Waals surface area contributed by atoms with Crippen molar-refractivity contribution in [3.05, 3.63) is 95.8 Å². The van der Waals surface area contributed by atoms with Crippen LogP contribution in [0.5, 0.6) is 11.6 Å². The summed E-state index contributed by atoms with van der Waals surface area (Å²) in [5.41, 5.74) is 0.727. The Balaban J connectivity index is 1.44. The molecule has 0 saturated heterocycles. The van der Waals surface area contributed by atoms with E-state index in [-0.39, 0.29) is 10.6 Å². The van der Waals surface area contributed by atoms with Gasteiger partial charge in [-0.1, -0.05) is 11.6 Å². The largest absolute Gasteiger partial charge is 0.439 e. The highest BCUT2D eigenvalue weighted by atomic mass is 35.5. The quantitative estimate of drug-likeness (QED) is 0.498. The van der Waals surface area contributed by atoms with Crippen molar-refractivity contribution in [3.8, 4) is 17.4 Å². The van der Waals surface area contributed by atoms with Gasteiger partial charge in [-0.3, -0.25) is 4.79 Å². The fourth-order valence-corrected chi connectivity index (χ4v) is 2.87. The number of ether oxygens (including phenoxy) is 1. The highest BCUT2D eigenvalue weighted by Gasteiger charge is 2.11. The number of rotatable bonds is 5. The van der Waals surface area contributed by atoms with Crippen molar-refractivity contribution in [1.29, 1.82) is 0 Å². The van der Waals surface area contributed by atoms with Gasteiger partial charge in [-0.15, -0.1) is 0 Å². The lowest BCUT2D eigenvalue weighted by Crippen LogP contribution is -2.12. The van der Waals surface area contributed by atoms with Crippen LogP contribution in [-0.2, 0) is 0 Å². The van der Waals surface area contributed by atoms with Crippen LogP contribution in [0, 0.1) is 5.82 Å². The van der Waals surface area contributed by atoms with Crippen LogP contribution in [0.3, 0.4) is 0 Å². The van der Waals surface area contributed by atoms with Gasteiger partial charge in [-0.25, -0.2) is 14.4 Å². The first-order valence-corrected chi connectivity index (χ1v) is 8.96. The van der Waals surface area contributed by atoms with Crippen molar-refractivity contribution in [2.45, 2.75) is 0 Å². The van der Waals surface area contributed by atoms with Crippen LogP contribution in [0.2, 0.25) is 5.02 Å². The van der Waals surface area contributed by atoms with Gasteiger partial charge in [0.2, 0.25) is 5.88 Å². The first-order chi connectivity index (χ1) is 14.1. The molecule has 0 saturated carbocycles. The molecule has 0 atom stereocenters. The Morgan fingerprint density at radius 2 is 1.79 bits per heavy atom. The average molecular weight is 409 g/mol. The summed E-state index contributed by atoms with van der Waals surface area (Å²) in [6.45, 7) is 0. The summed E-state index contributed by atoms with van der Waals surface area (Å²) >= 11 is 5.92. The first-order valence-electron chi connectivity index (χ1n) is 8.58. The number of hydrogen-bond acceptors (Lipinski definition) is 4. The molecule has 2 heterocycles. The normalized spacial score (nSPS) is 10.6. The Hall–Kier alpha value is -3.71. The number of benzene rings is 2. The van der Waals surface area contributed by atoms with E-state index in [0.717, 1.165) is 6.07 Å². The number of nitrogens with zero attached hydrogens (tertiary/aromatic N) is 3. The summed E-state index contributed by atoms with van der Waals surface area (Å²) in [5.74, 6) is 0.673. The van der Waals surface area contributed by atoms with E-state index in [1.807, 2.05) is 29.1 Å². The predicted molar refractivity (Wildman–Crippen MR) is 107 cm³/mol. The molecule has 29 heavy (non-hydrogen) atoms. The highest BCUT2D eigenvalue weighted by molar-refractivity contribution is 6.34. The summed E-state index contributed by atoms with van der Waals surface area (Å²) < 4.78 is 20.7. The molecule has 0 aliphatic rings. The number of hydrogen-bond donors (Lipinski definition) is 1. The monoisotopic (exact) mass is 408 g/mol. The molecule has 0 aliphatic carbocycles. The van der Waals surface area contributed by atoms with Gasteiger partial charge < -0.3 is 14.6 Å². The number of amides is 1. The molecule has 0 radical (unpaired) electrons. The number of halogens is 2. The molecule has 0 spiro atoms. The summed E-state index contributed by atoms with van der Waals surface area (Å²) in [5, 5.41) is 2.75. The maximum atomic E-state index is 13.1. The fraction of sp³-hybridized carbons (Fsp3) is 0. The molecule has 0 fully saturated rings. The summed E-state index contributed by atoms with van der Waals surface area (Å²) in [4.78, 5) is 20.6. The van der Waals surface area contributed by atoms with Crippen molar-refractivity contribution >= 4 is 23.2 Å². The SMILES string of the molecule is O=C(Nc1ccc(Oc2cc(-n3cccc3)ncn2)cc1)c1ccc(F)cc1Cl. The third-order valence-electron chi connectivity index (χ3n) is 4.01. The number of nitrogens with one attached hydrogen (secondary N) is 1. The van der Waals surface area contributed by atoms with Gasteiger partial charge in [-0.05, 0) is 54.6 Å². The van der Waals surface area contributed by atoms with Crippen LogP contribution < -0.4 is 10.1 Å². The minimum atomic E-state index is -0.502. The Labute approximate surface area is 170 Å². The van der Waals surface area contributed by atoms with Crippen molar-refractivity contribution < 1.29 is 13.9 Å². The van der Waals surface area contributed by atoms with Crippen LogP contribution in [0.15, 0.2) is 79.4 Å². The number of carbonyl (C=O) groups is 1. The maximum absolute atomic E-state index is 13.1. The molecule has 2 aromatic carbocycles. The Bertz CT molecular complexity index is 1150. The van der Waals surface area contributed by atoms with Crippen molar-refractivity contribution in [1.82, 2.24) is 14.5 Å². The van der Waals surface area contributed by atoms with E-state index in [1.165, 1.54) is 18.5 Å². The van der Waals surface area contributed by atoms with Gasteiger partial charge in [0.25, 0.3) is 5.91 Å². The number of anilines is 1. The molecule has 4 rings (SSSR count). The van der Waals surface area contributed by atoms with Crippen molar-refractivity contribution in [2.24, 2.45) is 0 Å². The first kappa shape index (κ1) is 18.6. The van der Waals surface area contributed by atoms with Crippen LogP contribution in [0.1, 0.15) is 10.4 Å². The van der Waals surface area contributed by atoms with Gasteiger partial charge in [0.15, 0.2) is 0 Å². The molecule has 4 aromatic rings. The van der Waals surface area contributed by atoms with Gasteiger partial charge in [0.1, 0.15) is 23.7 Å². The van der Waals surface area contributed by atoms with E-state index in [2.05, 4.69) is 15.3 Å². The molecule has 144 valence electrons. The van der Waals surface area contributed by atoms with E-state index >= 15 is 0 Å². The van der Waals surface area contributed by atoms with E-state index in [9.17, 15) is 9.18 Å². The Kier molecular flexibility index (Phi) is 5.22. The van der Waals surface area contributed by atoms with Crippen molar-refractivity contribution in [3.63, 3.8) is 0 Å². The molecular formula is C21H14ClFN4O2. The van der Waals surface area contributed by atoms with Crippen LogP contribution >= 0.6 is 11.6 Å². The predicted octanol–water partition coefficient (Wildman–Crippen LogP) is 5.10. The topological polar surface area (TPSA) is 69.0 Å². The lowest BCUT2D eigenvalue weighted by atomic mass is 10.2. The fourth-order valence-electron chi connectivity index (χ4n) is 2.61. The number of aromatic nitrogens is 3. The number of carbonyl (C=O) groups excluding carboxylic acids is 1.